The van der Waals surface area contributed by atoms with Crippen molar-refractivity contribution in [2.75, 3.05) is 32.5 Å². The molecule has 0 saturated carbocycles. The summed E-state index contributed by atoms with van der Waals surface area (Å²) in [5.74, 6) is 1.37. The van der Waals surface area contributed by atoms with Gasteiger partial charge in [0.05, 0.1) is 11.4 Å². The highest BCUT2D eigenvalue weighted by Gasteiger charge is 2.07. The van der Waals surface area contributed by atoms with Gasteiger partial charge in [0.25, 0.3) is 0 Å². The van der Waals surface area contributed by atoms with Crippen LogP contribution < -0.4 is 15.4 Å². The second-order valence-corrected chi connectivity index (χ2v) is 9.41. The molecule has 0 aliphatic heterocycles. The third kappa shape index (κ3) is 6.49. The minimum absolute atomic E-state index is 0.282. The summed E-state index contributed by atoms with van der Waals surface area (Å²) in [4.78, 5) is 8.27. The van der Waals surface area contributed by atoms with Gasteiger partial charge in [-0.1, -0.05) is 12.1 Å². The maximum absolute atomic E-state index is 11.5. The SMILES string of the molecule is CCNC(=NCCc1c[nH]c2cc(C)ccc12)NCCOc1ccc(S(C)(=O)=O)cc1. The van der Waals surface area contributed by atoms with Crippen molar-refractivity contribution in [3.8, 4) is 5.75 Å². The smallest absolute Gasteiger partial charge is 0.191 e. The molecule has 0 atom stereocenters. The van der Waals surface area contributed by atoms with E-state index in [-0.39, 0.29) is 4.90 Å². The molecule has 3 N–H and O–H groups in total. The first kappa shape index (κ1) is 22.7. The Kier molecular flexibility index (Phi) is 7.57. The Morgan fingerprint density at radius 3 is 2.61 bits per heavy atom. The molecule has 8 heteroatoms. The van der Waals surface area contributed by atoms with Gasteiger partial charge in [-0.05, 0) is 61.7 Å². The summed E-state index contributed by atoms with van der Waals surface area (Å²) in [6.45, 7) is 6.57. The number of fused-ring (bicyclic) bond motifs is 1. The third-order valence-corrected chi connectivity index (χ3v) is 5.96. The van der Waals surface area contributed by atoms with Crippen molar-refractivity contribution in [2.45, 2.75) is 25.2 Å². The molecule has 0 aliphatic carbocycles. The molecular formula is C23H30N4O3S. The summed E-state index contributed by atoms with van der Waals surface area (Å²) in [6.07, 6.45) is 4.10. The van der Waals surface area contributed by atoms with E-state index in [4.69, 9.17) is 4.74 Å². The number of rotatable bonds is 9. The molecule has 31 heavy (non-hydrogen) atoms. The summed E-state index contributed by atoms with van der Waals surface area (Å²) in [6, 6.07) is 12.9. The third-order valence-electron chi connectivity index (χ3n) is 4.83. The molecule has 0 spiro atoms. The van der Waals surface area contributed by atoms with E-state index in [2.05, 4.69) is 51.9 Å². The lowest BCUT2D eigenvalue weighted by Gasteiger charge is -2.12. The molecule has 0 fully saturated rings. The molecule has 3 rings (SSSR count). The van der Waals surface area contributed by atoms with Gasteiger partial charge in [0.1, 0.15) is 12.4 Å². The van der Waals surface area contributed by atoms with E-state index in [1.165, 1.54) is 22.8 Å². The van der Waals surface area contributed by atoms with Crippen LogP contribution in [0.4, 0.5) is 0 Å². The van der Waals surface area contributed by atoms with Gasteiger partial charge in [-0.25, -0.2) is 8.42 Å². The van der Waals surface area contributed by atoms with E-state index in [0.29, 0.717) is 25.4 Å². The molecular weight excluding hydrogens is 412 g/mol. The number of ether oxygens (including phenoxy) is 1. The Morgan fingerprint density at radius 1 is 1.13 bits per heavy atom. The van der Waals surface area contributed by atoms with E-state index in [1.807, 2.05) is 6.92 Å². The molecule has 0 radical (unpaired) electrons. The van der Waals surface area contributed by atoms with Crippen molar-refractivity contribution in [3.63, 3.8) is 0 Å². The summed E-state index contributed by atoms with van der Waals surface area (Å²) in [5, 5.41) is 7.74. The monoisotopic (exact) mass is 442 g/mol. The number of H-pyrrole nitrogens is 1. The Labute approximate surface area is 183 Å². The molecule has 1 aromatic heterocycles. The minimum Gasteiger partial charge on any atom is -0.492 e. The lowest BCUT2D eigenvalue weighted by molar-refractivity contribution is 0.321. The quantitative estimate of drug-likeness (QED) is 0.269. The maximum atomic E-state index is 11.5. The van der Waals surface area contributed by atoms with Crippen molar-refractivity contribution >= 4 is 26.7 Å². The zero-order valence-corrected chi connectivity index (χ0v) is 19.1. The molecule has 2 aromatic carbocycles. The highest BCUT2D eigenvalue weighted by molar-refractivity contribution is 7.90. The van der Waals surface area contributed by atoms with E-state index < -0.39 is 9.84 Å². The molecule has 7 nitrogen and oxygen atoms in total. The zero-order chi connectivity index (χ0) is 22.3. The second-order valence-electron chi connectivity index (χ2n) is 7.39. The van der Waals surface area contributed by atoms with Gasteiger partial charge in [0.2, 0.25) is 0 Å². The van der Waals surface area contributed by atoms with Gasteiger partial charge in [0.15, 0.2) is 15.8 Å². The van der Waals surface area contributed by atoms with Crippen LogP contribution in [0.5, 0.6) is 5.75 Å². The summed E-state index contributed by atoms with van der Waals surface area (Å²) < 4.78 is 28.7. The standard InChI is InChI=1S/C23H30N4O3S/c1-4-24-23(25-12-11-18-16-27-22-15-17(2)5-10-21(18)22)26-13-14-30-19-6-8-20(9-7-19)31(3,28)29/h5-10,15-16,27H,4,11-14H2,1-3H3,(H2,24,25,26). The van der Waals surface area contributed by atoms with Crippen LogP contribution in [-0.4, -0.2) is 51.9 Å². The average molecular weight is 443 g/mol. The predicted octanol–water partition coefficient (Wildman–Crippen LogP) is 3.06. The van der Waals surface area contributed by atoms with E-state index >= 15 is 0 Å². The van der Waals surface area contributed by atoms with Crippen LogP contribution in [0.1, 0.15) is 18.1 Å². The van der Waals surface area contributed by atoms with Crippen molar-refractivity contribution in [2.24, 2.45) is 4.99 Å². The molecule has 0 amide bonds. The molecule has 0 saturated heterocycles. The first-order valence-corrected chi connectivity index (χ1v) is 12.3. The molecule has 166 valence electrons. The first-order valence-electron chi connectivity index (χ1n) is 10.4. The van der Waals surface area contributed by atoms with Crippen LogP contribution >= 0.6 is 0 Å². The fourth-order valence-electron chi connectivity index (χ4n) is 3.26. The van der Waals surface area contributed by atoms with Gasteiger partial charge in [-0.3, -0.25) is 4.99 Å². The predicted molar refractivity (Wildman–Crippen MR) is 126 cm³/mol. The number of nitrogens with zero attached hydrogens (tertiary/aromatic N) is 1. The van der Waals surface area contributed by atoms with Gasteiger partial charge in [-0.2, -0.15) is 0 Å². The number of sulfone groups is 1. The number of aliphatic imine (C=N–C) groups is 1. The summed E-state index contributed by atoms with van der Waals surface area (Å²) in [7, 11) is -3.20. The number of hydrogen-bond donors (Lipinski definition) is 3. The first-order chi connectivity index (χ1) is 14.9. The van der Waals surface area contributed by atoms with Crippen molar-refractivity contribution in [1.82, 2.24) is 15.6 Å². The molecule has 0 bridgehead atoms. The fraction of sp³-hybridized carbons (Fsp3) is 0.348. The highest BCUT2D eigenvalue weighted by atomic mass is 32.2. The Hall–Kier alpha value is -3.00. The molecule has 3 aromatic rings. The second kappa shape index (κ2) is 10.3. The minimum atomic E-state index is -3.20. The van der Waals surface area contributed by atoms with E-state index in [1.54, 1.807) is 24.3 Å². The van der Waals surface area contributed by atoms with Crippen LogP contribution in [0.2, 0.25) is 0 Å². The van der Waals surface area contributed by atoms with Crippen LogP contribution in [0.25, 0.3) is 10.9 Å². The number of guanidine groups is 1. The van der Waals surface area contributed by atoms with Crippen LogP contribution in [0, 0.1) is 6.92 Å². The van der Waals surface area contributed by atoms with Crippen molar-refractivity contribution < 1.29 is 13.2 Å². The van der Waals surface area contributed by atoms with Gasteiger partial charge in [-0.15, -0.1) is 0 Å². The highest BCUT2D eigenvalue weighted by Crippen LogP contribution is 2.20. The van der Waals surface area contributed by atoms with E-state index in [9.17, 15) is 8.42 Å². The van der Waals surface area contributed by atoms with Gasteiger partial charge < -0.3 is 20.4 Å². The Balaban J connectivity index is 1.48. The molecule has 0 aliphatic rings. The van der Waals surface area contributed by atoms with Crippen molar-refractivity contribution in [3.05, 3.63) is 59.8 Å². The van der Waals surface area contributed by atoms with Crippen LogP contribution in [-0.2, 0) is 16.3 Å². The number of aromatic amines is 1. The zero-order valence-electron chi connectivity index (χ0n) is 18.2. The molecule has 1 heterocycles. The summed E-state index contributed by atoms with van der Waals surface area (Å²) >= 11 is 0. The number of nitrogens with one attached hydrogen (secondary N) is 3. The number of hydrogen-bond acceptors (Lipinski definition) is 4. The number of aryl methyl sites for hydroxylation is 1. The number of benzene rings is 2. The van der Waals surface area contributed by atoms with Crippen LogP contribution in [0.15, 0.2) is 58.5 Å². The Bertz CT molecular complexity index is 1140. The van der Waals surface area contributed by atoms with E-state index in [0.717, 1.165) is 24.4 Å². The lowest BCUT2D eigenvalue weighted by Crippen LogP contribution is -2.39. The Morgan fingerprint density at radius 2 is 1.90 bits per heavy atom. The largest absolute Gasteiger partial charge is 0.492 e. The number of aromatic nitrogens is 1. The fourth-order valence-corrected chi connectivity index (χ4v) is 3.89. The maximum Gasteiger partial charge on any atom is 0.191 e. The van der Waals surface area contributed by atoms with Crippen molar-refractivity contribution in [1.29, 1.82) is 0 Å². The van der Waals surface area contributed by atoms with Gasteiger partial charge in [0, 0.05) is 36.4 Å². The average Bonchev–Trinajstić information content (AvgIpc) is 3.12. The normalized spacial score (nSPS) is 12.2. The lowest BCUT2D eigenvalue weighted by atomic mass is 10.1. The van der Waals surface area contributed by atoms with Gasteiger partial charge >= 0.3 is 0 Å². The summed E-state index contributed by atoms with van der Waals surface area (Å²) in [5.41, 5.74) is 3.66. The van der Waals surface area contributed by atoms with Crippen LogP contribution in [0.3, 0.4) is 0 Å². The molecule has 0 unspecified atom stereocenters. The topological polar surface area (TPSA) is 95.6 Å².